The van der Waals surface area contributed by atoms with Gasteiger partial charge in [0.05, 0.1) is 5.57 Å². The lowest BCUT2D eigenvalue weighted by molar-refractivity contribution is -0.579. The Morgan fingerprint density at radius 1 is 1.30 bits per heavy atom. The van der Waals surface area contributed by atoms with Crippen molar-refractivity contribution >= 4 is 38.7 Å². The van der Waals surface area contributed by atoms with Crippen LogP contribution in [0, 0.1) is 5.21 Å². The van der Waals surface area contributed by atoms with Gasteiger partial charge >= 0.3 is 5.97 Å². The zero-order chi connectivity index (χ0) is 21.8. The maximum absolute atomic E-state index is 13.2. The van der Waals surface area contributed by atoms with Crippen LogP contribution in [0.1, 0.15) is 19.5 Å². The first-order chi connectivity index (χ1) is 14.1. The molecule has 0 unspecified atom stereocenters. The summed E-state index contributed by atoms with van der Waals surface area (Å²) in [6.45, 7) is 6.17. The van der Waals surface area contributed by atoms with E-state index in [0.717, 1.165) is 10.3 Å². The number of aromatic nitrogens is 1. The number of rotatable bonds is 4. The topological polar surface area (TPSA) is 108 Å². The highest BCUT2D eigenvalue weighted by Crippen LogP contribution is 2.49. The minimum absolute atomic E-state index is 0.0398. The van der Waals surface area contributed by atoms with Crippen molar-refractivity contribution in [2.75, 3.05) is 6.61 Å². The summed E-state index contributed by atoms with van der Waals surface area (Å²) >= 11 is 0. The molecule has 2 aliphatic heterocycles. The quantitative estimate of drug-likeness (QED) is 0.182. The molecule has 0 spiro atoms. The standard InChI is InChI=1S/C21H20N2O6S/c1-4-11-29-20(25)17-21(2,3)30(27,28)19-15(18(24)22(17)19)12-14-10-9-13-7-5-6-8-16(13)23(14)26/h4-10,12,17,19H,1,11H2,2-3H3/b15-12+/t17-,19+/m0/s1. The molecule has 1 amide bonds. The number of pyridine rings is 1. The van der Waals surface area contributed by atoms with Gasteiger partial charge in [0.15, 0.2) is 21.3 Å². The second kappa shape index (κ2) is 6.66. The number of amides is 1. The van der Waals surface area contributed by atoms with Crippen molar-refractivity contribution in [2.45, 2.75) is 30.0 Å². The van der Waals surface area contributed by atoms with Crippen LogP contribution < -0.4 is 4.73 Å². The Morgan fingerprint density at radius 3 is 2.70 bits per heavy atom. The van der Waals surface area contributed by atoms with Crippen LogP contribution in [0.2, 0.25) is 0 Å². The van der Waals surface area contributed by atoms with Gasteiger partial charge in [-0.15, -0.1) is 0 Å². The fraction of sp³-hybridized carbons (Fsp3) is 0.286. The van der Waals surface area contributed by atoms with E-state index in [1.54, 1.807) is 30.3 Å². The second-order valence-electron chi connectivity index (χ2n) is 7.75. The third-order valence-corrected chi connectivity index (χ3v) is 8.42. The van der Waals surface area contributed by atoms with E-state index in [1.165, 1.54) is 32.1 Å². The highest BCUT2D eigenvalue weighted by Gasteiger charge is 2.70. The lowest BCUT2D eigenvalue weighted by atomic mass is 9.95. The summed E-state index contributed by atoms with van der Waals surface area (Å²) in [4.78, 5) is 26.4. The Kier molecular flexibility index (Phi) is 4.46. The van der Waals surface area contributed by atoms with E-state index < -0.39 is 37.9 Å². The summed E-state index contributed by atoms with van der Waals surface area (Å²) in [5.41, 5.74) is 0.500. The summed E-state index contributed by atoms with van der Waals surface area (Å²) < 4.78 is 30.5. The van der Waals surface area contributed by atoms with Crippen LogP contribution in [0.4, 0.5) is 0 Å². The number of hydrogen-bond donors (Lipinski definition) is 0. The smallest absolute Gasteiger partial charge is 0.330 e. The predicted octanol–water partition coefficient (Wildman–Crippen LogP) is 1.33. The number of hydrogen-bond acceptors (Lipinski definition) is 6. The van der Waals surface area contributed by atoms with E-state index in [1.807, 2.05) is 0 Å². The van der Waals surface area contributed by atoms with Gasteiger partial charge in [-0.05, 0) is 26.0 Å². The summed E-state index contributed by atoms with van der Waals surface area (Å²) in [6.07, 6.45) is 2.65. The van der Waals surface area contributed by atoms with Crippen molar-refractivity contribution in [2.24, 2.45) is 0 Å². The zero-order valence-electron chi connectivity index (χ0n) is 16.4. The number of ether oxygens (including phenoxy) is 1. The van der Waals surface area contributed by atoms with E-state index >= 15 is 0 Å². The third-order valence-electron chi connectivity index (χ3n) is 5.66. The molecule has 4 rings (SSSR count). The van der Waals surface area contributed by atoms with Crippen molar-refractivity contribution in [1.82, 2.24) is 4.90 Å². The van der Waals surface area contributed by atoms with Gasteiger partial charge in [-0.25, -0.2) is 13.2 Å². The van der Waals surface area contributed by atoms with E-state index in [4.69, 9.17) is 4.74 Å². The monoisotopic (exact) mass is 428 g/mol. The van der Waals surface area contributed by atoms with Gasteiger partial charge in [-0.3, -0.25) is 4.79 Å². The number of benzene rings is 1. The number of para-hydroxylation sites is 1. The van der Waals surface area contributed by atoms with Gasteiger partial charge < -0.3 is 14.8 Å². The minimum atomic E-state index is -3.94. The summed E-state index contributed by atoms with van der Waals surface area (Å²) in [7, 11) is -3.94. The number of carbonyl (C=O) groups excluding carboxylic acids is 2. The van der Waals surface area contributed by atoms with Crippen LogP contribution in [-0.2, 0) is 24.2 Å². The van der Waals surface area contributed by atoms with Crippen molar-refractivity contribution in [3.05, 3.63) is 65.5 Å². The molecule has 2 atom stereocenters. The number of sulfone groups is 1. The van der Waals surface area contributed by atoms with Crippen LogP contribution in [0.3, 0.4) is 0 Å². The molecule has 2 aromatic rings. The number of nitrogens with zero attached hydrogens (tertiary/aromatic N) is 2. The lowest BCUT2D eigenvalue weighted by Crippen LogP contribution is -2.59. The molecule has 0 radical (unpaired) electrons. The fourth-order valence-electron chi connectivity index (χ4n) is 4.00. The maximum atomic E-state index is 13.2. The number of esters is 1. The molecule has 0 aliphatic carbocycles. The number of β-lactam (4-membered cyclic amide) rings is 1. The van der Waals surface area contributed by atoms with Gasteiger partial charge in [0.2, 0.25) is 11.2 Å². The van der Waals surface area contributed by atoms with Crippen LogP contribution in [0.5, 0.6) is 0 Å². The first-order valence-electron chi connectivity index (χ1n) is 9.29. The van der Waals surface area contributed by atoms with E-state index in [9.17, 15) is 23.2 Å². The molecule has 1 aromatic heterocycles. The molecular formula is C21H20N2O6S. The summed E-state index contributed by atoms with van der Waals surface area (Å²) in [5, 5.41) is 12.1. The SMILES string of the molecule is C=CCOC(=O)[C@@H]1N2C(=O)/C(=C\c3ccc4ccccc4[n+]3[O-])[C@H]2S(=O)(=O)C1(C)C. The maximum Gasteiger partial charge on any atom is 0.330 e. The van der Waals surface area contributed by atoms with E-state index in [-0.39, 0.29) is 17.9 Å². The minimum Gasteiger partial charge on any atom is -0.618 e. The van der Waals surface area contributed by atoms with Gasteiger partial charge in [0.1, 0.15) is 11.4 Å². The average Bonchev–Trinajstić information content (AvgIpc) is 2.86. The molecular weight excluding hydrogens is 408 g/mol. The Balaban J connectivity index is 1.78. The predicted molar refractivity (Wildman–Crippen MR) is 109 cm³/mol. The molecule has 156 valence electrons. The van der Waals surface area contributed by atoms with Crippen LogP contribution in [-0.4, -0.2) is 48.0 Å². The van der Waals surface area contributed by atoms with E-state index in [0.29, 0.717) is 10.2 Å². The summed E-state index contributed by atoms with van der Waals surface area (Å²) in [6, 6.07) is 8.91. The average molecular weight is 428 g/mol. The van der Waals surface area contributed by atoms with Gasteiger partial charge in [-0.1, -0.05) is 24.8 Å². The van der Waals surface area contributed by atoms with Crippen molar-refractivity contribution in [3.8, 4) is 0 Å². The van der Waals surface area contributed by atoms with Crippen LogP contribution in [0.25, 0.3) is 17.0 Å². The van der Waals surface area contributed by atoms with Gasteiger partial charge in [0.25, 0.3) is 5.91 Å². The molecule has 3 heterocycles. The van der Waals surface area contributed by atoms with Crippen molar-refractivity contribution in [1.29, 1.82) is 0 Å². The Bertz CT molecular complexity index is 1230. The van der Waals surface area contributed by atoms with Gasteiger partial charge in [0, 0.05) is 23.6 Å². The molecule has 2 fully saturated rings. The lowest BCUT2D eigenvalue weighted by Gasteiger charge is -2.38. The molecule has 9 heteroatoms. The highest BCUT2D eigenvalue weighted by molar-refractivity contribution is 7.94. The molecule has 2 saturated heterocycles. The molecule has 30 heavy (non-hydrogen) atoms. The molecule has 1 aromatic carbocycles. The third kappa shape index (κ3) is 2.58. The fourth-order valence-corrected chi connectivity index (χ4v) is 6.12. The number of fused-ring (bicyclic) bond motifs is 2. The largest absolute Gasteiger partial charge is 0.618 e. The summed E-state index contributed by atoms with van der Waals surface area (Å²) in [5.74, 6) is -1.41. The Morgan fingerprint density at radius 2 is 2.00 bits per heavy atom. The molecule has 0 bridgehead atoms. The van der Waals surface area contributed by atoms with Gasteiger partial charge in [-0.2, -0.15) is 4.73 Å². The molecule has 0 saturated carbocycles. The first kappa shape index (κ1) is 20.1. The number of carbonyl (C=O) groups is 2. The van der Waals surface area contributed by atoms with Crippen LogP contribution >= 0.6 is 0 Å². The van der Waals surface area contributed by atoms with E-state index in [2.05, 4.69) is 6.58 Å². The van der Waals surface area contributed by atoms with Crippen molar-refractivity contribution < 1.29 is 27.5 Å². The normalized spacial score (nSPS) is 25.1. The second-order valence-corrected chi connectivity index (χ2v) is 10.3. The zero-order valence-corrected chi connectivity index (χ0v) is 17.3. The van der Waals surface area contributed by atoms with Crippen molar-refractivity contribution in [3.63, 3.8) is 0 Å². The first-order valence-corrected chi connectivity index (χ1v) is 10.8. The highest BCUT2D eigenvalue weighted by atomic mass is 32.2. The molecule has 2 aliphatic rings. The Hall–Kier alpha value is -3.20. The molecule has 0 N–H and O–H groups in total. The van der Waals surface area contributed by atoms with Crippen LogP contribution in [0.15, 0.2) is 54.6 Å². The Labute approximate surface area is 173 Å². The molecule has 8 nitrogen and oxygen atoms in total.